The van der Waals surface area contributed by atoms with Crippen LogP contribution in [0, 0.1) is 5.92 Å². The number of benzene rings is 1. The van der Waals surface area contributed by atoms with E-state index < -0.39 is 0 Å². The molecule has 1 aromatic heterocycles. The number of rotatable bonds is 5. The summed E-state index contributed by atoms with van der Waals surface area (Å²) in [5.74, 6) is 0.641. The summed E-state index contributed by atoms with van der Waals surface area (Å²) in [6.45, 7) is 2.18. The Morgan fingerprint density at radius 2 is 2.12 bits per heavy atom. The molecule has 24 heavy (non-hydrogen) atoms. The van der Waals surface area contributed by atoms with Gasteiger partial charge in [-0.3, -0.25) is 14.2 Å². The molecular formula is C18H20ClN3O2. The van der Waals surface area contributed by atoms with Gasteiger partial charge in [-0.05, 0) is 56.7 Å². The van der Waals surface area contributed by atoms with Gasteiger partial charge in [0.1, 0.15) is 6.54 Å². The Labute approximate surface area is 145 Å². The van der Waals surface area contributed by atoms with E-state index in [9.17, 15) is 9.59 Å². The summed E-state index contributed by atoms with van der Waals surface area (Å²) in [7, 11) is 0. The molecule has 2 aliphatic carbocycles. The number of aromatic nitrogens is 2. The lowest BCUT2D eigenvalue weighted by molar-refractivity contribution is -0.135. The van der Waals surface area contributed by atoms with Crippen molar-refractivity contribution < 1.29 is 4.79 Å². The molecule has 1 amide bonds. The first-order valence-electron chi connectivity index (χ1n) is 8.50. The second-order valence-electron chi connectivity index (χ2n) is 6.95. The van der Waals surface area contributed by atoms with Gasteiger partial charge in [0.15, 0.2) is 0 Å². The SMILES string of the molecule is CC(C1CC1)N(C(=O)Cn1cnc2ccc(Cl)cc2c1=O)C1CC1. The van der Waals surface area contributed by atoms with E-state index in [-0.39, 0.29) is 24.1 Å². The van der Waals surface area contributed by atoms with E-state index in [0.29, 0.717) is 27.9 Å². The van der Waals surface area contributed by atoms with Crippen LogP contribution in [0.5, 0.6) is 0 Å². The van der Waals surface area contributed by atoms with E-state index in [2.05, 4.69) is 11.9 Å². The lowest BCUT2D eigenvalue weighted by atomic mass is 10.1. The first-order chi connectivity index (χ1) is 11.5. The first kappa shape index (κ1) is 15.6. The highest BCUT2D eigenvalue weighted by molar-refractivity contribution is 6.31. The fraction of sp³-hybridized carbons (Fsp3) is 0.500. The molecule has 5 nitrogen and oxygen atoms in total. The first-order valence-corrected chi connectivity index (χ1v) is 8.88. The average molecular weight is 346 g/mol. The largest absolute Gasteiger partial charge is 0.335 e. The summed E-state index contributed by atoms with van der Waals surface area (Å²) in [6.07, 6.45) is 6.01. The van der Waals surface area contributed by atoms with Crippen LogP contribution in [0.2, 0.25) is 5.02 Å². The highest BCUT2D eigenvalue weighted by Crippen LogP contribution is 2.39. The van der Waals surface area contributed by atoms with Gasteiger partial charge in [0.05, 0.1) is 17.2 Å². The summed E-state index contributed by atoms with van der Waals surface area (Å²) in [5.41, 5.74) is 0.379. The molecular weight excluding hydrogens is 326 g/mol. The second kappa shape index (κ2) is 5.88. The predicted molar refractivity (Wildman–Crippen MR) is 93.1 cm³/mol. The quantitative estimate of drug-likeness (QED) is 0.837. The molecule has 1 aromatic carbocycles. The Balaban J connectivity index is 1.62. The van der Waals surface area contributed by atoms with Gasteiger partial charge in [0.2, 0.25) is 5.91 Å². The molecule has 2 fully saturated rings. The normalized spacial score (nSPS) is 18.6. The van der Waals surface area contributed by atoms with Crippen LogP contribution < -0.4 is 5.56 Å². The van der Waals surface area contributed by atoms with Crippen LogP contribution in [-0.2, 0) is 11.3 Å². The summed E-state index contributed by atoms with van der Waals surface area (Å²) in [6, 6.07) is 5.66. The fourth-order valence-electron chi connectivity index (χ4n) is 3.39. The maximum atomic E-state index is 12.8. The third-order valence-electron chi connectivity index (χ3n) is 5.06. The lowest BCUT2D eigenvalue weighted by Gasteiger charge is -2.29. The Kier molecular flexibility index (Phi) is 3.83. The number of halogens is 1. The summed E-state index contributed by atoms with van der Waals surface area (Å²) >= 11 is 5.98. The molecule has 1 atom stereocenters. The maximum absolute atomic E-state index is 12.8. The number of hydrogen-bond acceptors (Lipinski definition) is 3. The predicted octanol–water partition coefficient (Wildman–Crippen LogP) is 2.84. The zero-order chi connectivity index (χ0) is 16.8. The second-order valence-corrected chi connectivity index (χ2v) is 7.39. The van der Waals surface area contributed by atoms with Crippen molar-refractivity contribution in [2.24, 2.45) is 5.92 Å². The topological polar surface area (TPSA) is 55.2 Å². The van der Waals surface area contributed by atoms with Gasteiger partial charge < -0.3 is 4.90 Å². The van der Waals surface area contributed by atoms with Crippen molar-refractivity contribution in [1.82, 2.24) is 14.5 Å². The van der Waals surface area contributed by atoms with Crippen LogP contribution in [-0.4, -0.2) is 32.4 Å². The number of carbonyl (C=O) groups excluding carboxylic acids is 1. The number of carbonyl (C=O) groups is 1. The molecule has 4 rings (SSSR count). The van der Waals surface area contributed by atoms with Crippen molar-refractivity contribution in [1.29, 1.82) is 0 Å². The van der Waals surface area contributed by atoms with E-state index in [1.54, 1.807) is 18.2 Å². The Hall–Kier alpha value is -1.88. The highest BCUT2D eigenvalue weighted by atomic mass is 35.5. The van der Waals surface area contributed by atoms with Crippen molar-refractivity contribution in [2.45, 2.75) is 51.2 Å². The number of nitrogens with zero attached hydrogens (tertiary/aromatic N) is 3. The Morgan fingerprint density at radius 1 is 1.38 bits per heavy atom. The fourth-order valence-corrected chi connectivity index (χ4v) is 3.57. The molecule has 1 unspecified atom stereocenters. The molecule has 2 saturated carbocycles. The highest BCUT2D eigenvalue weighted by Gasteiger charge is 2.41. The van der Waals surface area contributed by atoms with Gasteiger partial charge in [0, 0.05) is 17.1 Å². The van der Waals surface area contributed by atoms with Crippen LogP contribution in [0.4, 0.5) is 0 Å². The van der Waals surface area contributed by atoms with Crippen LogP contribution in [0.1, 0.15) is 32.6 Å². The summed E-state index contributed by atoms with van der Waals surface area (Å²) in [5, 5.41) is 0.943. The van der Waals surface area contributed by atoms with Gasteiger partial charge in [-0.1, -0.05) is 11.6 Å². The Bertz CT molecular complexity index is 855. The van der Waals surface area contributed by atoms with Gasteiger partial charge in [-0.25, -0.2) is 4.98 Å². The van der Waals surface area contributed by atoms with E-state index >= 15 is 0 Å². The van der Waals surface area contributed by atoms with Crippen molar-refractivity contribution in [3.8, 4) is 0 Å². The summed E-state index contributed by atoms with van der Waals surface area (Å²) < 4.78 is 1.40. The zero-order valence-corrected chi connectivity index (χ0v) is 14.4. The molecule has 2 aromatic rings. The third kappa shape index (κ3) is 2.93. The van der Waals surface area contributed by atoms with Gasteiger partial charge in [-0.2, -0.15) is 0 Å². The minimum atomic E-state index is -0.217. The molecule has 0 N–H and O–H groups in total. The van der Waals surface area contributed by atoms with Crippen molar-refractivity contribution >= 4 is 28.4 Å². The molecule has 2 aliphatic rings. The van der Waals surface area contributed by atoms with Crippen molar-refractivity contribution in [2.75, 3.05) is 0 Å². The van der Waals surface area contributed by atoms with Crippen LogP contribution in [0.25, 0.3) is 10.9 Å². The maximum Gasteiger partial charge on any atom is 0.261 e. The number of hydrogen-bond donors (Lipinski definition) is 0. The minimum Gasteiger partial charge on any atom is -0.335 e. The molecule has 126 valence electrons. The minimum absolute atomic E-state index is 0.0159. The van der Waals surface area contributed by atoms with Gasteiger partial charge >= 0.3 is 0 Å². The van der Waals surface area contributed by atoms with Crippen LogP contribution in [0.15, 0.2) is 29.3 Å². The number of amides is 1. The summed E-state index contributed by atoms with van der Waals surface area (Å²) in [4.78, 5) is 31.8. The smallest absolute Gasteiger partial charge is 0.261 e. The lowest BCUT2D eigenvalue weighted by Crippen LogP contribution is -2.44. The Morgan fingerprint density at radius 3 is 2.79 bits per heavy atom. The molecule has 6 heteroatoms. The third-order valence-corrected chi connectivity index (χ3v) is 5.30. The van der Waals surface area contributed by atoms with Crippen molar-refractivity contribution in [3.63, 3.8) is 0 Å². The van der Waals surface area contributed by atoms with E-state index in [1.807, 2.05) is 4.90 Å². The van der Waals surface area contributed by atoms with Crippen LogP contribution >= 0.6 is 11.6 Å². The average Bonchev–Trinajstić information content (AvgIpc) is 3.44. The molecule has 0 bridgehead atoms. The van der Waals surface area contributed by atoms with E-state index in [0.717, 1.165) is 12.8 Å². The molecule has 0 radical (unpaired) electrons. The van der Waals surface area contributed by atoms with Crippen LogP contribution in [0.3, 0.4) is 0 Å². The van der Waals surface area contributed by atoms with E-state index in [1.165, 1.54) is 23.7 Å². The number of fused-ring (bicyclic) bond motifs is 1. The molecule has 0 aliphatic heterocycles. The van der Waals surface area contributed by atoms with Gasteiger partial charge in [-0.15, -0.1) is 0 Å². The zero-order valence-electron chi connectivity index (χ0n) is 13.6. The molecule has 0 saturated heterocycles. The van der Waals surface area contributed by atoms with Gasteiger partial charge in [0.25, 0.3) is 5.56 Å². The molecule has 0 spiro atoms. The monoisotopic (exact) mass is 345 g/mol. The standard InChI is InChI=1S/C18H20ClN3O2/c1-11(12-2-3-12)22(14-5-6-14)17(23)9-21-10-20-16-7-4-13(19)8-15(16)18(21)24/h4,7-8,10-12,14H,2-3,5-6,9H2,1H3. The van der Waals surface area contributed by atoms with E-state index in [4.69, 9.17) is 11.6 Å². The van der Waals surface area contributed by atoms with Crippen molar-refractivity contribution in [3.05, 3.63) is 39.9 Å². The molecule has 1 heterocycles.